The van der Waals surface area contributed by atoms with E-state index in [1.165, 1.54) is 0 Å². The molecule has 1 aliphatic rings. The van der Waals surface area contributed by atoms with E-state index in [0.29, 0.717) is 18.4 Å². The maximum Gasteiger partial charge on any atom is 0.148 e. The monoisotopic (exact) mass is 127 g/mol. The predicted octanol–water partition coefficient (Wildman–Crippen LogP) is 0.670. The molecule has 0 aromatic rings. The molecule has 0 bridgehead atoms. The van der Waals surface area contributed by atoms with Crippen LogP contribution in [0.2, 0.25) is 0 Å². The molecule has 0 N–H and O–H groups in total. The minimum atomic E-state index is 0.393. The first-order valence-corrected chi connectivity index (χ1v) is 3.49. The molecule has 1 atom stereocenters. The maximum atomic E-state index is 10.8. The van der Waals surface area contributed by atoms with Gasteiger partial charge in [-0.15, -0.1) is 0 Å². The number of likely N-dealkylation sites (tertiary alicyclic amines) is 1. The summed E-state index contributed by atoms with van der Waals surface area (Å²) in [5.74, 6) is 0.393. The molecule has 0 saturated carbocycles. The molecule has 0 spiro atoms. The van der Waals surface area contributed by atoms with Gasteiger partial charge >= 0.3 is 0 Å². The molecule has 0 amide bonds. The highest BCUT2D eigenvalue weighted by Gasteiger charge is 2.24. The van der Waals surface area contributed by atoms with Crippen molar-refractivity contribution in [3.8, 4) is 0 Å². The molecule has 0 aromatic heterocycles. The van der Waals surface area contributed by atoms with Crippen molar-refractivity contribution in [2.75, 3.05) is 13.1 Å². The molecule has 2 nitrogen and oxygen atoms in total. The van der Waals surface area contributed by atoms with Crippen molar-refractivity contribution in [3.63, 3.8) is 0 Å². The van der Waals surface area contributed by atoms with Gasteiger partial charge in [0.1, 0.15) is 5.78 Å². The van der Waals surface area contributed by atoms with E-state index in [9.17, 15) is 4.79 Å². The Morgan fingerprint density at radius 1 is 1.78 bits per heavy atom. The van der Waals surface area contributed by atoms with Crippen molar-refractivity contribution in [2.45, 2.75) is 26.3 Å². The van der Waals surface area contributed by atoms with Gasteiger partial charge in [0, 0.05) is 12.5 Å². The number of Topliss-reactive ketones (excluding diaryl/α,β-unsaturated/α-hetero) is 1. The zero-order valence-electron chi connectivity index (χ0n) is 6.05. The summed E-state index contributed by atoms with van der Waals surface area (Å²) in [6.07, 6.45) is 0.758. The molecule has 52 valence electrons. The van der Waals surface area contributed by atoms with Crippen LogP contribution in [-0.4, -0.2) is 29.8 Å². The summed E-state index contributed by atoms with van der Waals surface area (Å²) in [7, 11) is 0. The van der Waals surface area contributed by atoms with Gasteiger partial charge < -0.3 is 0 Å². The molecule has 0 radical (unpaired) electrons. The number of likely N-dealkylation sites (N-methyl/N-ethyl adjacent to an activating group) is 1. The van der Waals surface area contributed by atoms with Gasteiger partial charge in [0.15, 0.2) is 0 Å². The Bertz CT molecular complexity index is 122. The Morgan fingerprint density at radius 3 is 2.67 bits per heavy atom. The summed E-state index contributed by atoms with van der Waals surface area (Å²) in [6.45, 7) is 5.88. The third kappa shape index (κ3) is 1.30. The lowest BCUT2D eigenvalue weighted by atomic mass is 10.2. The van der Waals surface area contributed by atoms with Crippen molar-refractivity contribution >= 4 is 5.78 Å². The molecular formula is C7H13NO. The second kappa shape index (κ2) is 2.48. The van der Waals surface area contributed by atoms with Crippen molar-refractivity contribution in [3.05, 3.63) is 0 Å². The third-order valence-corrected chi connectivity index (χ3v) is 1.93. The normalized spacial score (nSPS) is 29.6. The van der Waals surface area contributed by atoms with Crippen LogP contribution in [0.5, 0.6) is 0 Å². The Labute approximate surface area is 55.8 Å². The van der Waals surface area contributed by atoms with E-state index in [0.717, 1.165) is 13.0 Å². The fourth-order valence-corrected chi connectivity index (χ4v) is 1.33. The third-order valence-electron chi connectivity index (χ3n) is 1.93. The highest BCUT2D eigenvalue weighted by atomic mass is 16.1. The summed E-state index contributed by atoms with van der Waals surface area (Å²) >= 11 is 0. The molecule has 0 aromatic carbocycles. The van der Waals surface area contributed by atoms with Gasteiger partial charge in [-0.2, -0.15) is 0 Å². The van der Waals surface area contributed by atoms with Gasteiger partial charge in [0.2, 0.25) is 0 Å². The summed E-state index contributed by atoms with van der Waals surface area (Å²) in [5, 5.41) is 0. The van der Waals surface area contributed by atoms with E-state index in [1.807, 2.05) is 0 Å². The Balaban J connectivity index is 2.47. The topological polar surface area (TPSA) is 20.3 Å². The maximum absolute atomic E-state index is 10.8. The zero-order valence-corrected chi connectivity index (χ0v) is 6.05. The van der Waals surface area contributed by atoms with Crippen LogP contribution in [-0.2, 0) is 4.79 Å². The highest BCUT2D eigenvalue weighted by molar-refractivity contribution is 5.83. The van der Waals surface area contributed by atoms with Gasteiger partial charge in [-0.05, 0) is 13.5 Å². The lowest BCUT2D eigenvalue weighted by Crippen LogP contribution is -2.26. The van der Waals surface area contributed by atoms with Crippen molar-refractivity contribution in [2.24, 2.45) is 0 Å². The van der Waals surface area contributed by atoms with Crippen molar-refractivity contribution in [1.82, 2.24) is 4.90 Å². The Morgan fingerprint density at radius 2 is 2.44 bits per heavy atom. The first kappa shape index (κ1) is 6.75. The van der Waals surface area contributed by atoms with E-state index >= 15 is 0 Å². The second-order valence-electron chi connectivity index (χ2n) is 2.65. The number of carbonyl (C=O) groups excluding carboxylic acids is 1. The predicted molar refractivity (Wildman–Crippen MR) is 36.3 cm³/mol. The van der Waals surface area contributed by atoms with Crippen LogP contribution < -0.4 is 0 Å². The van der Waals surface area contributed by atoms with Crippen molar-refractivity contribution < 1.29 is 4.79 Å². The lowest BCUT2D eigenvalue weighted by molar-refractivity contribution is -0.116. The van der Waals surface area contributed by atoms with Crippen LogP contribution in [0.1, 0.15) is 20.3 Å². The van der Waals surface area contributed by atoms with Crippen LogP contribution in [0.3, 0.4) is 0 Å². The summed E-state index contributed by atoms with van der Waals surface area (Å²) in [6, 6.07) is 0.488. The average molecular weight is 127 g/mol. The van der Waals surface area contributed by atoms with E-state index in [2.05, 4.69) is 18.7 Å². The molecule has 0 unspecified atom stereocenters. The summed E-state index contributed by atoms with van der Waals surface area (Å²) in [5.41, 5.74) is 0. The number of rotatable bonds is 1. The largest absolute Gasteiger partial charge is 0.298 e. The first-order valence-electron chi connectivity index (χ1n) is 3.49. The van der Waals surface area contributed by atoms with Gasteiger partial charge in [-0.3, -0.25) is 9.69 Å². The van der Waals surface area contributed by atoms with E-state index < -0.39 is 0 Å². The van der Waals surface area contributed by atoms with Gasteiger partial charge in [-0.25, -0.2) is 0 Å². The number of ketones is 1. The van der Waals surface area contributed by atoms with E-state index in [1.54, 1.807) is 0 Å². The van der Waals surface area contributed by atoms with Gasteiger partial charge in [-0.1, -0.05) is 6.92 Å². The molecule has 2 heteroatoms. The Hall–Kier alpha value is -0.370. The Kier molecular flexibility index (Phi) is 1.86. The highest BCUT2D eigenvalue weighted by Crippen LogP contribution is 2.11. The van der Waals surface area contributed by atoms with Crippen LogP contribution in [0, 0.1) is 0 Å². The fourth-order valence-electron chi connectivity index (χ4n) is 1.33. The standard InChI is InChI=1S/C7H13NO/c1-3-8-5-7(9)4-6(8)2/h6H,3-5H2,1-2H3/t6-/m1/s1. The molecule has 1 aliphatic heterocycles. The molecule has 1 saturated heterocycles. The average Bonchev–Trinajstić information content (AvgIpc) is 2.10. The zero-order chi connectivity index (χ0) is 6.85. The number of carbonyl (C=O) groups is 1. The minimum Gasteiger partial charge on any atom is -0.298 e. The van der Waals surface area contributed by atoms with Crippen LogP contribution >= 0.6 is 0 Å². The molecule has 1 fully saturated rings. The van der Waals surface area contributed by atoms with E-state index in [-0.39, 0.29) is 0 Å². The molecule has 1 rings (SSSR count). The van der Waals surface area contributed by atoms with Gasteiger partial charge in [0.05, 0.1) is 6.54 Å². The SMILES string of the molecule is CCN1CC(=O)C[C@H]1C. The lowest BCUT2D eigenvalue weighted by Gasteiger charge is -2.16. The number of hydrogen-bond donors (Lipinski definition) is 0. The summed E-state index contributed by atoms with van der Waals surface area (Å²) in [4.78, 5) is 13.0. The molecule has 9 heavy (non-hydrogen) atoms. The van der Waals surface area contributed by atoms with Crippen molar-refractivity contribution in [1.29, 1.82) is 0 Å². The molecule has 0 aliphatic carbocycles. The quantitative estimate of drug-likeness (QED) is 0.516. The number of hydrogen-bond acceptors (Lipinski definition) is 2. The minimum absolute atomic E-state index is 0.393. The van der Waals surface area contributed by atoms with Gasteiger partial charge in [0.25, 0.3) is 0 Å². The van der Waals surface area contributed by atoms with Crippen LogP contribution in [0.15, 0.2) is 0 Å². The van der Waals surface area contributed by atoms with Crippen LogP contribution in [0.4, 0.5) is 0 Å². The smallest absolute Gasteiger partial charge is 0.148 e. The first-order chi connectivity index (χ1) is 4.24. The second-order valence-corrected chi connectivity index (χ2v) is 2.65. The molecular weight excluding hydrogens is 114 g/mol. The van der Waals surface area contributed by atoms with E-state index in [4.69, 9.17) is 0 Å². The molecule has 1 heterocycles. The fraction of sp³-hybridized carbons (Fsp3) is 0.857. The van der Waals surface area contributed by atoms with Crippen LogP contribution in [0.25, 0.3) is 0 Å². The number of nitrogens with zero attached hydrogens (tertiary/aromatic N) is 1. The summed E-state index contributed by atoms with van der Waals surface area (Å²) < 4.78 is 0.